The van der Waals surface area contributed by atoms with Gasteiger partial charge in [-0.2, -0.15) is 0 Å². The molecule has 0 amide bonds. The van der Waals surface area contributed by atoms with Gasteiger partial charge in [0.1, 0.15) is 0 Å². The van der Waals surface area contributed by atoms with Gasteiger partial charge >= 0.3 is 0 Å². The second-order valence-corrected chi connectivity index (χ2v) is 6.11. The van der Waals surface area contributed by atoms with Gasteiger partial charge in [-0.1, -0.05) is 26.7 Å². The fourth-order valence-corrected chi connectivity index (χ4v) is 2.85. The number of aromatic nitrogens is 1. The first-order valence-corrected chi connectivity index (χ1v) is 8.35. The van der Waals surface area contributed by atoms with Crippen molar-refractivity contribution in [2.45, 2.75) is 45.3 Å². The Bertz CT molecular complexity index is 456. The number of aromatic amines is 1. The maximum atomic E-state index is 11.8. The third-order valence-electron chi connectivity index (χ3n) is 2.69. The number of H-pyrrole nitrogens is 1. The largest absolute Gasteiger partial charge is 0.488 e. The van der Waals surface area contributed by atoms with Crippen molar-refractivity contribution in [3.63, 3.8) is 0 Å². The summed E-state index contributed by atoms with van der Waals surface area (Å²) in [4.78, 5) is 14.7. The summed E-state index contributed by atoms with van der Waals surface area (Å²) < 4.78 is 17.1. The molecule has 1 rings (SSSR count). The first kappa shape index (κ1) is 16.0. The third kappa shape index (κ3) is 6.05. The normalized spacial score (nSPS) is 12.3. The van der Waals surface area contributed by atoms with Crippen LogP contribution in [-0.2, 0) is 16.6 Å². The van der Waals surface area contributed by atoms with Crippen molar-refractivity contribution < 1.29 is 8.95 Å². The van der Waals surface area contributed by atoms with Crippen LogP contribution in [0, 0.1) is 0 Å². The van der Waals surface area contributed by atoms with Crippen molar-refractivity contribution in [2.24, 2.45) is 0 Å². The fourth-order valence-electron chi connectivity index (χ4n) is 1.67. The van der Waals surface area contributed by atoms with E-state index in [9.17, 15) is 9.00 Å². The molecule has 5 heteroatoms. The zero-order valence-corrected chi connectivity index (χ0v) is 12.6. The molecule has 1 aromatic heterocycles. The molecule has 0 aliphatic carbocycles. The monoisotopic (exact) mass is 285 g/mol. The van der Waals surface area contributed by atoms with E-state index in [2.05, 4.69) is 11.9 Å². The van der Waals surface area contributed by atoms with Gasteiger partial charge < -0.3 is 9.72 Å². The van der Waals surface area contributed by atoms with E-state index >= 15 is 0 Å². The van der Waals surface area contributed by atoms with Crippen LogP contribution in [-0.4, -0.2) is 21.6 Å². The molecule has 0 aliphatic heterocycles. The first-order chi connectivity index (χ1) is 9.17. The minimum atomic E-state index is -0.904. The summed E-state index contributed by atoms with van der Waals surface area (Å²) in [6.07, 6.45) is 5.63. The molecule has 19 heavy (non-hydrogen) atoms. The van der Waals surface area contributed by atoms with Crippen molar-refractivity contribution in [1.29, 1.82) is 0 Å². The van der Waals surface area contributed by atoms with Gasteiger partial charge in [0, 0.05) is 34.5 Å². The predicted octanol–water partition coefficient (Wildman–Crippen LogP) is 2.60. The number of pyridine rings is 1. The van der Waals surface area contributed by atoms with E-state index in [1.165, 1.54) is 6.07 Å². The number of rotatable bonds is 9. The molecule has 0 radical (unpaired) electrons. The number of unbranched alkanes of at least 4 members (excludes halogenated alkanes) is 2. The summed E-state index contributed by atoms with van der Waals surface area (Å²) in [6.45, 7) is 4.64. The molecule has 1 heterocycles. The Morgan fingerprint density at radius 1 is 1.26 bits per heavy atom. The SMILES string of the molecule is CCCCCS(=O)Cc1cc(=O)c(OCCC)c[nH]1. The van der Waals surface area contributed by atoms with Crippen molar-refractivity contribution in [3.8, 4) is 5.75 Å². The number of nitrogens with one attached hydrogen (secondary N) is 1. The second-order valence-electron chi connectivity index (χ2n) is 4.53. The lowest BCUT2D eigenvalue weighted by Crippen LogP contribution is -2.11. The molecule has 1 N–H and O–H groups in total. The van der Waals surface area contributed by atoms with Crippen molar-refractivity contribution in [2.75, 3.05) is 12.4 Å². The van der Waals surface area contributed by atoms with E-state index in [1.807, 2.05) is 6.92 Å². The van der Waals surface area contributed by atoms with E-state index < -0.39 is 10.8 Å². The van der Waals surface area contributed by atoms with Crippen LogP contribution in [0.2, 0.25) is 0 Å². The van der Waals surface area contributed by atoms with Gasteiger partial charge in [-0.25, -0.2) is 0 Å². The van der Waals surface area contributed by atoms with Gasteiger partial charge in [0.15, 0.2) is 5.75 Å². The molecule has 1 unspecified atom stereocenters. The van der Waals surface area contributed by atoms with E-state index in [-0.39, 0.29) is 5.43 Å². The molecule has 0 bridgehead atoms. The molecular weight excluding hydrogens is 262 g/mol. The minimum absolute atomic E-state index is 0.146. The van der Waals surface area contributed by atoms with Gasteiger partial charge in [0.25, 0.3) is 0 Å². The highest BCUT2D eigenvalue weighted by Gasteiger charge is 2.06. The highest BCUT2D eigenvalue weighted by molar-refractivity contribution is 7.84. The lowest BCUT2D eigenvalue weighted by molar-refractivity contribution is 0.313. The average Bonchev–Trinajstić information content (AvgIpc) is 2.38. The number of hydrogen-bond acceptors (Lipinski definition) is 3. The minimum Gasteiger partial charge on any atom is -0.488 e. The maximum absolute atomic E-state index is 11.8. The summed E-state index contributed by atoms with van der Waals surface area (Å²) in [5, 5.41) is 0. The van der Waals surface area contributed by atoms with Crippen LogP contribution in [0.25, 0.3) is 0 Å². The Kier molecular flexibility index (Phi) is 7.48. The topological polar surface area (TPSA) is 59.2 Å². The summed E-state index contributed by atoms with van der Waals surface area (Å²) in [6, 6.07) is 1.49. The van der Waals surface area contributed by atoms with Gasteiger partial charge in [0.2, 0.25) is 5.43 Å². The lowest BCUT2D eigenvalue weighted by atomic mass is 10.3. The van der Waals surface area contributed by atoms with Crippen LogP contribution in [0.15, 0.2) is 17.1 Å². The van der Waals surface area contributed by atoms with Crippen LogP contribution in [0.1, 0.15) is 45.2 Å². The molecule has 0 aliphatic rings. The van der Waals surface area contributed by atoms with Crippen molar-refractivity contribution in [1.82, 2.24) is 4.98 Å². The molecule has 0 fully saturated rings. The first-order valence-electron chi connectivity index (χ1n) is 6.86. The van der Waals surface area contributed by atoms with Gasteiger partial charge in [-0.3, -0.25) is 9.00 Å². The Hall–Kier alpha value is -1.10. The molecule has 0 saturated heterocycles. The summed E-state index contributed by atoms with van der Waals surface area (Å²) >= 11 is 0. The highest BCUT2D eigenvalue weighted by Crippen LogP contribution is 2.06. The predicted molar refractivity (Wildman–Crippen MR) is 79.1 cm³/mol. The van der Waals surface area contributed by atoms with Gasteiger partial charge in [-0.05, 0) is 12.8 Å². The molecule has 1 atom stereocenters. The molecule has 0 saturated carbocycles. The highest BCUT2D eigenvalue weighted by atomic mass is 32.2. The van der Waals surface area contributed by atoms with Gasteiger partial charge in [-0.15, -0.1) is 0 Å². The summed E-state index contributed by atoms with van der Waals surface area (Å²) in [5.41, 5.74) is 0.566. The molecular formula is C14H23NO3S. The van der Waals surface area contributed by atoms with Crippen LogP contribution >= 0.6 is 0 Å². The molecule has 0 aromatic carbocycles. The van der Waals surface area contributed by atoms with Crippen molar-refractivity contribution >= 4 is 10.8 Å². The zero-order valence-electron chi connectivity index (χ0n) is 11.7. The van der Waals surface area contributed by atoms with Crippen molar-refractivity contribution in [3.05, 3.63) is 28.2 Å². The van der Waals surface area contributed by atoms with E-state index in [0.717, 1.165) is 25.7 Å². The Labute approximate surface area is 117 Å². The Balaban J connectivity index is 2.53. The average molecular weight is 285 g/mol. The molecule has 1 aromatic rings. The van der Waals surface area contributed by atoms with E-state index in [4.69, 9.17) is 4.74 Å². The zero-order chi connectivity index (χ0) is 14.1. The lowest BCUT2D eigenvalue weighted by Gasteiger charge is -2.06. The van der Waals surface area contributed by atoms with E-state index in [1.54, 1.807) is 6.20 Å². The Morgan fingerprint density at radius 3 is 2.68 bits per heavy atom. The summed E-state index contributed by atoms with van der Waals surface area (Å²) in [5.74, 6) is 1.44. The standard InChI is InChI=1S/C14H23NO3S/c1-3-5-6-8-19(17)11-12-9-13(16)14(10-15-12)18-7-4-2/h9-10H,3-8,11H2,1-2H3,(H,15,16). The summed E-state index contributed by atoms with van der Waals surface area (Å²) in [7, 11) is -0.904. The third-order valence-corrected chi connectivity index (χ3v) is 4.07. The van der Waals surface area contributed by atoms with Crippen LogP contribution < -0.4 is 10.2 Å². The maximum Gasteiger partial charge on any atom is 0.223 e. The van der Waals surface area contributed by atoms with Crippen LogP contribution in [0.4, 0.5) is 0 Å². The van der Waals surface area contributed by atoms with Crippen LogP contribution in [0.5, 0.6) is 5.75 Å². The molecule has 4 nitrogen and oxygen atoms in total. The Morgan fingerprint density at radius 2 is 2.05 bits per heavy atom. The smallest absolute Gasteiger partial charge is 0.223 e. The second kappa shape index (κ2) is 8.91. The molecule has 0 spiro atoms. The van der Waals surface area contributed by atoms with Gasteiger partial charge in [0.05, 0.1) is 12.4 Å². The quantitative estimate of drug-likeness (QED) is 0.709. The number of hydrogen-bond donors (Lipinski definition) is 1. The van der Waals surface area contributed by atoms with Crippen LogP contribution in [0.3, 0.4) is 0 Å². The molecule has 108 valence electrons. The fraction of sp³-hybridized carbons (Fsp3) is 0.643. The number of ether oxygens (including phenoxy) is 1. The van der Waals surface area contributed by atoms with E-state index in [0.29, 0.717) is 29.6 Å².